The van der Waals surface area contributed by atoms with Crippen molar-refractivity contribution in [3.63, 3.8) is 0 Å². The molecule has 4 rings (SSSR count). The summed E-state index contributed by atoms with van der Waals surface area (Å²) in [5.41, 5.74) is 0.745. The van der Waals surface area contributed by atoms with Gasteiger partial charge in [0.15, 0.2) is 0 Å². The minimum Gasteiger partial charge on any atom is -0.454 e. The molecule has 0 saturated carbocycles. The summed E-state index contributed by atoms with van der Waals surface area (Å²) in [6.07, 6.45) is 11.2. The topological polar surface area (TPSA) is 121 Å². The number of hydrogen-bond acceptors (Lipinski definition) is 8. The molecular formula is C28H35N3O6. The first kappa shape index (κ1) is 27.1. The van der Waals surface area contributed by atoms with E-state index < -0.39 is 42.0 Å². The fourth-order valence-corrected chi connectivity index (χ4v) is 5.57. The van der Waals surface area contributed by atoms with E-state index in [0.29, 0.717) is 30.6 Å². The van der Waals surface area contributed by atoms with Crippen molar-refractivity contribution >= 4 is 24.4 Å². The van der Waals surface area contributed by atoms with E-state index in [4.69, 9.17) is 9.47 Å². The zero-order valence-corrected chi connectivity index (χ0v) is 21.5. The summed E-state index contributed by atoms with van der Waals surface area (Å²) in [6.45, 7) is 9.97. The first-order valence-electron chi connectivity index (χ1n) is 12.6. The number of esters is 1. The van der Waals surface area contributed by atoms with E-state index in [1.165, 1.54) is 12.2 Å². The van der Waals surface area contributed by atoms with Gasteiger partial charge in [-0.05, 0) is 36.8 Å². The number of amides is 1. The molecule has 9 nitrogen and oxygen atoms in total. The van der Waals surface area contributed by atoms with Crippen LogP contribution in [0.5, 0.6) is 0 Å². The predicted molar refractivity (Wildman–Crippen MR) is 140 cm³/mol. The molecular weight excluding hydrogens is 474 g/mol. The zero-order valence-electron chi connectivity index (χ0n) is 21.5. The summed E-state index contributed by atoms with van der Waals surface area (Å²) in [4.78, 5) is 35.4. The molecule has 1 aliphatic carbocycles. The third-order valence-electron chi connectivity index (χ3n) is 7.31. The quantitative estimate of drug-likeness (QED) is 0.521. The van der Waals surface area contributed by atoms with E-state index in [0.717, 1.165) is 11.9 Å². The lowest BCUT2D eigenvalue weighted by atomic mass is 9.71. The first-order chi connectivity index (χ1) is 17.6. The Balaban J connectivity index is 1.66. The van der Waals surface area contributed by atoms with Gasteiger partial charge in [-0.1, -0.05) is 50.8 Å². The summed E-state index contributed by atoms with van der Waals surface area (Å²) < 4.78 is 11.9. The van der Waals surface area contributed by atoms with Crippen LogP contribution in [0.2, 0.25) is 0 Å². The highest BCUT2D eigenvalue weighted by Gasteiger charge is 2.68. The number of carbonyl (C=O) groups excluding carboxylic acids is 2. The molecule has 0 aromatic heterocycles. The number of nitrogens with zero attached hydrogens (tertiary/aromatic N) is 3. The van der Waals surface area contributed by atoms with Crippen LogP contribution < -0.4 is 0 Å². The molecule has 2 N–H and O–H groups in total. The smallest absolute Gasteiger partial charge is 0.336 e. The molecule has 9 heteroatoms. The second-order valence-electron chi connectivity index (χ2n) is 10.2. The normalized spacial score (nSPS) is 38.5. The van der Waals surface area contributed by atoms with Crippen molar-refractivity contribution in [2.24, 2.45) is 15.9 Å². The van der Waals surface area contributed by atoms with Gasteiger partial charge >= 0.3 is 5.97 Å². The van der Waals surface area contributed by atoms with Crippen molar-refractivity contribution in [2.45, 2.75) is 76.2 Å². The summed E-state index contributed by atoms with van der Waals surface area (Å²) in [6, 6.07) is -0.250. The lowest BCUT2D eigenvalue weighted by Gasteiger charge is -2.59. The van der Waals surface area contributed by atoms with E-state index in [2.05, 4.69) is 16.6 Å². The summed E-state index contributed by atoms with van der Waals surface area (Å²) in [5.74, 6) is -1.16. The van der Waals surface area contributed by atoms with Crippen LogP contribution in [0.3, 0.4) is 0 Å². The molecule has 1 spiro atoms. The van der Waals surface area contributed by atoms with Crippen molar-refractivity contribution in [1.29, 1.82) is 0 Å². The Morgan fingerprint density at radius 2 is 2.03 bits per heavy atom. The van der Waals surface area contributed by atoms with E-state index in [-0.39, 0.29) is 18.4 Å². The lowest BCUT2D eigenvalue weighted by Crippen LogP contribution is -2.77. The van der Waals surface area contributed by atoms with E-state index >= 15 is 0 Å². The molecule has 6 atom stereocenters. The van der Waals surface area contributed by atoms with Gasteiger partial charge in [0.05, 0.1) is 36.0 Å². The van der Waals surface area contributed by atoms with Crippen LogP contribution in [0.1, 0.15) is 40.0 Å². The summed E-state index contributed by atoms with van der Waals surface area (Å²) in [5, 5.41) is 21.8. The molecule has 4 aliphatic rings. The molecule has 0 radical (unpaired) electrons. The highest BCUT2D eigenvalue weighted by Crippen LogP contribution is 2.54. The average molecular weight is 510 g/mol. The molecule has 3 heterocycles. The zero-order chi connectivity index (χ0) is 26.7. The number of aliphatic hydroxyl groups is 2. The molecule has 0 aromatic rings. The number of ether oxygens (including phenoxy) is 2. The highest BCUT2D eigenvalue weighted by atomic mass is 16.5. The number of rotatable bonds is 1. The average Bonchev–Trinajstić information content (AvgIpc) is 3.47. The van der Waals surface area contributed by atoms with Crippen LogP contribution in [0, 0.1) is 5.92 Å². The van der Waals surface area contributed by atoms with E-state index in [1.807, 2.05) is 31.7 Å². The molecule has 0 aromatic carbocycles. The predicted octanol–water partition coefficient (Wildman–Crippen LogP) is 2.42. The number of aliphatic hydroxyl groups excluding tert-OH is 2. The number of aliphatic imine (C=N–C) groups is 2. The highest BCUT2D eigenvalue weighted by molar-refractivity contribution is 5.96. The fraction of sp³-hybridized carbons (Fsp3) is 0.500. The van der Waals surface area contributed by atoms with Crippen molar-refractivity contribution in [3.05, 3.63) is 59.8 Å². The third-order valence-corrected chi connectivity index (χ3v) is 7.31. The fourth-order valence-electron chi connectivity index (χ4n) is 5.57. The first-order valence-corrected chi connectivity index (χ1v) is 12.6. The number of allylic oxidation sites excluding steroid dienone is 4. The van der Waals surface area contributed by atoms with Gasteiger partial charge in [-0.25, -0.2) is 9.79 Å². The Kier molecular flexibility index (Phi) is 8.18. The minimum atomic E-state index is -0.915. The molecule has 4 unspecified atom stereocenters. The largest absolute Gasteiger partial charge is 0.454 e. The maximum Gasteiger partial charge on any atom is 0.336 e. The van der Waals surface area contributed by atoms with Crippen molar-refractivity contribution in [2.75, 3.05) is 6.61 Å². The van der Waals surface area contributed by atoms with Gasteiger partial charge in [-0.2, -0.15) is 4.99 Å². The summed E-state index contributed by atoms with van der Waals surface area (Å²) in [7, 11) is 0. The monoisotopic (exact) mass is 509 g/mol. The Labute approximate surface area is 217 Å². The molecule has 3 aliphatic heterocycles. The number of carbonyl (C=O) groups is 2. The van der Waals surface area contributed by atoms with E-state index in [9.17, 15) is 19.8 Å². The molecule has 37 heavy (non-hydrogen) atoms. The molecule has 0 bridgehead atoms. The van der Waals surface area contributed by atoms with Crippen LogP contribution in [-0.2, 0) is 19.1 Å². The second kappa shape index (κ2) is 11.2. The lowest BCUT2D eigenvalue weighted by molar-refractivity contribution is -0.183. The summed E-state index contributed by atoms with van der Waals surface area (Å²) >= 11 is 0. The van der Waals surface area contributed by atoms with Crippen LogP contribution in [0.4, 0.5) is 0 Å². The van der Waals surface area contributed by atoms with Gasteiger partial charge in [0.25, 0.3) is 5.91 Å². The van der Waals surface area contributed by atoms with Crippen molar-refractivity contribution in [1.82, 2.24) is 4.90 Å². The Bertz CT molecular complexity index is 1120. The SMILES string of the molecule is C=C1/C=C/C(=O)N=CN=C/C(C)=C\C=C\[C@H](O)CC2OCC3C(O)C4(CCC=C4C(=O)O[C@H]1C(C)C)N23. The maximum atomic E-state index is 13.5. The molecule has 2 fully saturated rings. The third kappa shape index (κ3) is 5.36. The van der Waals surface area contributed by atoms with Crippen LogP contribution in [-0.4, -0.2) is 82.3 Å². The molecule has 1 amide bonds. The molecule has 2 saturated heterocycles. The van der Waals surface area contributed by atoms with E-state index in [1.54, 1.807) is 24.4 Å². The van der Waals surface area contributed by atoms with Gasteiger partial charge in [0.2, 0.25) is 0 Å². The van der Waals surface area contributed by atoms with Crippen molar-refractivity contribution in [3.8, 4) is 0 Å². The standard InChI is InChI=1S/C28H35N3O6/c1-17(2)25-19(4)10-11-23(33)30-16-29-14-18(3)7-5-8-20(32)13-24-31-22(15-36-24)26(34)28(31)12-6-9-21(28)27(35)37-25/h5,7-11,14,16-17,20,22,24-26,32,34H,4,6,12-13,15H2,1-3H3/b8-5+,11-10+,18-7-,29-14?,30-16?/t20-,22?,24?,25-,26?,28?/m0/s1. The van der Waals surface area contributed by atoms with Gasteiger partial charge in [-0.3, -0.25) is 9.69 Å². The van der Waals surface area contributed by atoms with Gasteiger partial charge in [0, 0.05) is 18.7 Å². The van der Waals surface area contributed by atoms with Crippen molar-refractivity contribution < 1.29 is 29.3 Å². The second-order valence-corrected chi connectivity index (χ2v) is 10.2. The molecule has 198 valence electrons. The van der Waals surface area contributed by atoms with Crippen LogP contribution in [0.25, 0.3) is 0 Å². The Morgan fingerprint density at radius 1 is 1.24 bits per heavy atom. The van der Waals surface area contributed by atoms with Crippen LogP contribution in [0.15, 0.2) is 69.7 Å². The minimum absolute atomic E-state index is 0.109. The number of hydrogen-bond donors (Lipinski definition) is 2. The maximum absolute atomic E-state index is 13.5. The number of cyclic esters (lactones) is 1. The van der Waals surface area contributed by atoms with Gasteiger partial charge in [-0.15, -0.1) is 0 Å². The Hall–Kier alpha value is -2.98. The van der Waals surface area contributed by atoms with Gasteiger partial charge in [0.1, 0.15) is 18.7 Å². The van der Waals surface area contributed by atoms with Gasteiger partial charge < -0.3 is 19.7 Å². The Morgan fingerprint density at radius 3 is 2.78 bits per heavy atom. The van der Waals surface area contributed by atoms with Crippen LogP contribution >= 0.6 is 0 Å².